The van der Waals surface area contributed by atoms with E-state index >= 15 is 0 Å². The van der Waals surface area contributed by atoms with Gasteiger partial charge in [-0.2, -0.15) is 0 Å². The van der Waals surface area contributed by atoms with Crippen molar-refractivity contribution in [1.82, 2.24) is 0 Å². The van der Waals surface area contributed by atoms with E-state index in [1.54, 1.807) is 23.1 Å². The minimum Gasteiger partial charge on any atom is -0.389 e. The molecule has 2 nitrogen and oxygen atoms in total. The van der Waals surface area contributed by atoms with Crippen LogP contribution in [0, 0.1) is 5.41 Å². The van der Waals surface area contributed by atoms with Crippen LogP contribution in [0.3, 0.4) is 0 Å². The van der Waals surface area contributed by atoms with Gasteiger partial charge in [-0.1, -0.05) is 26.1 Å². The van der Waals surface area contributed by atoms with Gasteiger partial charge in [0.1, 0.15) is 4.99 Å². The standard InChI is InChI=1S/C12H15NOS3/c1-12(2)4-6-8(7(14)5-12)11(16-3)17-9(6)10(13)15/h4-5H2,1-3H3,(H2,13,15). The third-order valence-corrected chi connectivity index (χ3v) is 5.68. The molecule has 0 amide bonds. The number of carbonyl (C=O) groups is 1. The molecule has 1 aliphatic rings. The number of carbonyl (C=O) groups excluding carboxylic acids is 1. The van der Waals surface area contributed by atoms with Crippen molar-refractivity contribution < 1.29 is 4.79 Å². The van der Waals surface area contributed by atoms with E-state index in [0.29, 0.717) is 11.4 Å². The highest BCUT2D eigenvalue weighted by Crippen LogP contribution is 2.44. The molecule has 0 unspecified atom stereocenters. The van der Waals surface area contributed by atoms with Gasteiger partial charge in [0.25, 0.3) is 0 Å². The topological polar surface area (TPSA) is 43.1 Å². The van der Waals surface area contributed by atoms with E-state index < -0.39 is 0 Å². The zero-order valence-corrected chi connectivity index (χ0v) is 12.6. The van der Waals surface area contributed by atoms with E-state index in [-0.39, 0.29) is 11.2 Å². The molecule has 2 rings (SSSR count). The van der Waals surface area contributed by atoms with Crippen molar-refractivity contribution >= 4 is 46.1 Å². The van der Waals surface area contributed by atoms with Crippen LogP contribution in [0.4, 0.5) is 0 Å². The van der Waals surface area contributed by atoms with Crippen molar-refractivity contribution in [2.75, 3.05) is 6.26 Å². The van der Waals surface area contributed by atoms with E-state index in [0.717, 1.165) is 26.6 Å². The predicted molar refractivity (Wildman–Crippen MR) is 78.4 cm³/mol. The SMILES string of the molecule is CSc1sc(C(N)=S)c2c1C(=O)CC(C)(C)C2. The van der Waals surface area contributed by atoms with Crippen molar-refractivity contribution in [2.45, 2.75) is 30.9 Å². The highest BCUT2D eigenvalue weighted by molar-refractivity contribution is 8.00. The van der Waals surface area contributed by atoms with Gasteiger partial charge in [0, 0.05) is 12.0 Å². The molecule has 2 N–H and O–H groups in total. The van der Waals surface area contributed by atoms with Crippen LogP contribution < -0.4 is 5.73 Å². The maximum Gasteiger partial charge on any atom is 0.165 e. The molecule has 1 aliphatic carbocycles. The summed E-state index contributed by atoms with van der Waals surface area (Å²) in [6.45, 7) is 4.24. The second-order valence-corrected chi connectivity index (χ2v) is 7.62. The summed E-state index contributed by atoms with van der Waals surface area (Å²) < 4.78 is 1.06. The largest absolute Gasteiger partial charge is 0.389 e. The first-order valence-electron chi connectivity index (χ1n) is 5.38. The first-order chi connectivity index (χ1) is 7.85. The number of nitrogens with two attached hydrogens (primary N) is 1. The van der Waals surface area contributed by atoms with Gasteiger partial charge in [0.05, 0.1) is 9.09 Å². The molecule has 0 saturated carbocycles. The normalized spacial score (nSPS) is 17.9. The highest BCUT2D eigenvalue weighted by Gasteiger charge is 2.36. The van der Waals surface area contributed by atoms with E-state index in [2.05, 4.69) is 13.8 Å². The first-order valence-corrected chi connectivity index (χ1v) is 7.83. The van der Waals surface area contributed by atoms with Gasteiger partial charge in [-0.3, -0.25) is 4.79 Å². The quantitative estimate of drug-likeness (QED) is 0.669. The minimum absolute atomic E-state index is 0.0143. The lowest BCUT2D eigenvalue weighted by molar-refractivity contribution is 0.0910. The van der Waals surface area contributed by atoms with Crippen LogP contribution in [0.5, 0.6) is 0 Å². The van der Waals surface area contributed by atoms with Gasteiger partial charge < -0.3 is 5.73 Å². The zero-order valence-electron chi connectivity index (χ0n) is 10.1. The summed E-state index contributed by atoms with van der Waals surface area (Å²) in [4.78, 5) is 13.6. The van der Waals surface area contributed by atoms with Crippen LogP contribution >= 0.6 is 35.3 Å². The molecule has 0 bridgehead atoms. The fourth-order valence-corrected chi connectivity index (χ4v) is 4.49. The first kappa shape index (κ1) is 13.1. The van der Waals surface area contributed by atoms with Crippen molar-refractivity contribution in [3.05, 3.63) is 16.0 Å². The summed E-state index contributed by atoms with van der Waals surface area (Å²) in [5.74, 6) is 0.236. The number of rotatable bonds is 2. The number of Topliss-reactive ketones (excluding diaryl/α,β-unsaturated/α-hetero) is 1. The van der Waals surface area contributed by atoms with Crippen LogP contribution in [0.2, 0.25) is 0 Å². The summed E-state index contributed by atoms with van der Waals surface area (Å²) in [6, 6.07) is 0. The predicted octanol–water partition coefficient (Wildman–Crippen LogP) is 3.26. The van der Waals surface area contributed by atoms with E-state index in [1.165, 1.54) is 0 Å². The van der Waals surface area contributed by atoms with Crippen molar-refractivity contribution in [3.63, 3.8) is 0 Å². The Balaban J connectivity index is 2.64. The van der Waals surface area contributed by atoms with E-state index in [1.807, 2.05) is 6.26 Å². The molecule has 0 aromatic carbocycles. The summed E-state index contributed by atoms with van der Waals surface area (Å²) >= 11 is 8.26. The Morgan fingerprint density at radius 1 is 1.47 bits per heavy atom. The molecule has 0 radical (unpaired) electrons. The maximum absolute atomic E-state index is 12.2. The van der Waals surface area contributed by atoms with Crippen LogP contribution in [0.15, 0.2) is 4.21 Å². The molecule has 0 spiro atoms. The molecule has 1 aromatic rings. The van der Waals surface area contributed by atoms with Gasteiger partial charge in [-0.05, 0) is 23.7 Å². The molecule has 1 aromatic heterocycles. The number of hydrogen-bond acceptors (Lipinski definition) is 4. The number of ketones is 1. The molecule has 1 heterocycles. The minimum atomic E-state index is 0.0143. The second-order valence-electron chi connectivity index (χ2n) is 5.08. The maximum atomic E-state index is 12.2. The van der Waals surface area contributed by atoms with Crippen LogP contribution in [0.1, 0.15) is 41.1 Å². The Morgan fingerprint density at radius 2 is 2.12 bits per heavy atom. The Labute approximate surface area is 115 Å². The van der Waals surface area contributed by atoms with Gasteiger partial charge in [0.15, 0.2) is 5.78 Å². The number of thiophene rings is 1. The number of thioether (sulfide) groups is 1. The fourth-order valence-electron chi connectivity index (χ4n) is 2.30. The fraction of sp³-hybridized carbons (Fsp3) is 0.500. The van der Waals surface area contributed by atoms with Crippen LogP contribution in [-0.4, -0.2) is 17.0 Å². The Kier molecular flexibility index (Phi) is 3.36. The molecular weight excluding hydrogens is 270 g/mol. The monoisotopic (exact) mass is 285 g/mol. The third kappa shape index (κ3) is 2.28. The highest BCUT2D eigenvalue weighted by atomic mass is 32.2. The smallest absolute Gasteiger partial charge is 0.165 e. The van der Waals surface area contributed by atoms with Crippen LogP contribution in [-0.2, 0) is 6.42 Å². The zero-order chi connectivity index (χ0) is 12.8. The molecule has 0 saturated heterocycles. The lowest BCUT2D eigenvalue weighted by Crippen LogP contribution is -2.27. The number of fused-ring (bicyclic) bond motifs is 1. The Hall–Kier alpha value is -0.390. The molecular formula is C12H15NOS3. The Bertz CT molecular complexity index is 502. The lowest BCUT2D eigenvalue weighted by atomic mass is 9.74. The van der Waals surface area contributed by atoms with Gasteiger partial charge in [-0.25, -0.2) is 0 Å². The van der Waals surface area contributed by atoms with E-state index in [9.17, 15) is 4.79 Å². The van der Waals surface area contributed by atoms with E-state index in [4.69, 9.17) is 18.0 Å². The second kappa shape index (κ2) is 4.37. The number of hydrogen-bond donors (Lipinski definition) is 1. The molecule has 0 aliphatic heterocycles. The average Bonchev–Trinajstić information content (AvgIpc) is 2.54. The van der Waals surface area contributed by atoms with Gasteiger partial charge >= 0.3 is 0 Å². The molecule has 0 atom stereocenters. The van der Waals surface area contributed by atoms with Crippen molar-refractivity contribution in [3.8, 4) is 0 Å². The Morgan fingerprint density at radius 3 is 2.65 bits per heavy atom. The van der Waals surface area contributed by atoms with Crippen LogP contribution in [0.25, 0.3) is 0 Å². The molecule has 5 heteroatoms. The van der Waals surface area contributed by atoms with Crippen molar-refractivity contribution in [2.24, 2.45) is 11.1 Å². The summed E-state index contributed by atoms with van der Waals surface area (Å²) in [5, 5.41) is 0. The molecule has 92 valence electrons. The summed E-state index contributed by atoms with van der Waals surface area (Å²) in [5.41, 5.74) is 7.73. The molecule has 17 heavy (non-hydrogen) atoms. The summed E-state index contributed by atoms with van der Waals surface area (Å²) in [7, 11) is 0. The van der Waals surface area contributed by atoms with Crippen molar-refractivity contribution in [1.29, 1.82) is 0 Å². The third-order valence-electron chi connectivity index (χ3n) is 2.96. The van der Waals surface area contributed by atoms with Gasteiger partial charge in [-0.15, -0.1) is 23.1 Å². The number of thiocarbonyl (C=S) groups is 1. The lowest BCUT2D eigenvalue weighted by Gasteiger charge is -2.29. The molecule has 0 fully saturated rings. The van der Waals surface area contributed by atoms with Gasteiger partial charge in [0.2, 0.25) is 0 Å². The summed E-state index contributed by atoms with van der Waals surface area (Å²) in [6.07, 6.45) is 3.49. The average molecular weight is 285 g/mol.